The lowest BCUT2D eigenvalue weighted by atomic mass is 10.1. The van der Waals surface area contributed by atoms with Crippen LogP contribution in [0.1, 0.15) is 12.5 Å². The molecule has 9 atom stereocenters. The second-order valence-electron chi connectivity index (χ2n) is 10.0. The van der Waals surface area contributed by atoms with Gasteiger partial charge in [0, 0.05) is 21.3 Å². The van der Waals surface area contributed by atoms with E-state index in [9.17, 15) is 14.6 Å². The number of methoxy groups -OCH3 is 3. The van der Waals surface area contributed by atoms with E-state index in [1.54, 1.807) is 4.57 Å². The second-order valence-corrected chi connectivity index (χ2v) is 11.4. The number of phosphoric acid groups is 1. The van der Waals surface area contributed by atoms with Crippen molar-refractivity contribution in [3.8, 4) is 0 Å². The van der Waals surface area contributed by atoms with Crippen molar-refractivity contribution in [2.24, 2.45) is 0 Å². The highest BCUT2D eigenvalue weighted by molar-refractivity contribution is 7.47. The van der Waals surface area contributed by atoms with Crippen LogP contribution in [-0.4, -0.2) is 120 Å². The van der Waals surface area contributed by atoms with E-state index in [0.29, 0.717) is 22.3 Å². The average Bonchev–Trinajstić information content (AvgIpc) is 3.79. The van der Waals surface area contributed by atoms with Crippen molar-refractivity contribution in [2.75, 3.05) is 46.0 Å². The number of anilines is 2. The van der Waals surface area contributed by atoms with Gasteiger partial charge in [-0.15, -0.1) is 4.67 Å². The standard InChI is InChI=1S/C23H31N10O11P/c1-37-4-11-15(17(39-3)23(42-11)33-9-31-13-19(25)27-7-29-21(13)33)43-44-45(35,36)40-5-10-14(34)16(38-2)22(41-10)32-8-30-12-18(24)26-6-28-20(12)32/h6-11,14-17,22-23,34H,4-5H2,1-3H3,(H,35,36)(H2,24,26,28)(H2,25,27,29). The fourth-order valence-corrected chi connectivity index (χ4v) is 5.92. The van der Waals surface area contributed by atoms with Crippen LogP contribution in [0.15, 0.2) is 25.3 Å². The van der Waals surface area contributed by atoms with Gasteiger partial charge in [0.2, 0.25) is 0 Å². The molecule has 22 heteroatoms. The zero-order valence-corrected chi connectivity index (χ0v) is 25.0. The first-order chi connectivity index (χ1) is 21.7. The highest BCUT2D eigenvalue weighted by atomic mass is 31.2. The third kappa shape index (κ3) is 5.84. The van der Waals surface area contributed by atoms with Crippen molar-refractivity contribution in [3.63, 3.8) is 0 Å². The predicted octanol–water partition coefficient (Wildman–Crippen LogP) is -0.903. The van der Waals surface area contributed by atoms with E-state index in [4.69, 9.17) is 49.2 Å². The lowest BCUT2D eigenvalue weighted by Crippen LogP contribution is -2.38. The molecule has 2 aliphatic rings. The van der Waals surface area contributed by atoms with E-state index in [-0.39, 0.29) is 18.2 Å². The van der Waals surface area contributed by atoms with E-state index >= 15 is 0 Å². The molecule has 9 unspecified atom stereocenters. The molecule has 6 N–H and O–H groups in total. The molecule has 0 aromatic carbocycles. The number of hydrogen-bond acceptors (Lipinski definition) is 18. The van der Waals surface area contributed by atoms with Gasteiger partial charge in [-0.2, -0.15) is 0 Å². The summed E-state index contributed by atoms with van der Waals surface area (Å²) in [5.74, 6) is 0.328. The number of rotatable bonds is 12. The Morgan fingerprint density at radius 3 is 1.93 bits per heavy atom. The van der Waals surface area contributed by atoms with Gasteiger partial charge >= 0.3 is 7.82 Å². The maximum absolute atomic E-state index is 12.9. The molecule has 4 aromatic rings. The lowest BCUT2D eigenvalue weighted by Gasteiger charge is -2.23. The van der Waals surface area contributed by atoms with Crippen molar-refractivity contribution in [3.05, 3.63) is 25.3 Å². The molecule has 2 saturated heterocycles. The third-order valence-corrected chi connectivity index (χ3v) is 8.20. The summed E-state index contributed by atoms with van der Waals surface area (Å²) in [6.07, 6.45) is -2.56. The molecule has 0 amide bonds. The van der Waals surface area contributed by atoms with Gasteiger partial charge in [0.25, 0.3) is 0 Å². The molecule has 6 rings (SSSR count). The molecule has 0 bridgehead atoms. The molecule has 45 heavy (non-hydrogen) atoms. The predicted molar refractivity (Wildman–Crippen MR) is 149 cm³/mol. The minimum Gasteiger partial charge on any atom is -0.387 e. The third-order valence-electron chi connectivity index (χ3n) is 7.45. The molecule has 21 nitrogen and oxygen atoms in total. The van der Waals surface area contributed by atoms with Crippen LogP contribution in [0.4, 0.5) is 11.6 Å². The number of nitrogen functional groups attached to an aromatic ring is 2. The number of hydrogen-bond donors (Lipinski definition) is 4. The lowest BCUT2D eigenvalue weighted by molar-refractivity contribution is -0.285. The van der Waals surface area contributed by atoms with Crippen molar-refractivity contribution >= 4 is 41.8 Å². The van der Waals surface area contributed by atoms with E-state index in [1.165, 1.54) is 51.2 Å². The van der Waals surface area contributed by atoms with Crippen LogP contribution in [0.5, 0.6) is 0 Å². The number of phosphoric ester groups is 1. The van der Waals surface area contributed by atoms with Gasteiger partial charge in [0.05, 0.1) is 25.9 Å². The van der Waals surface area contributed by atoms with Crippen molar-refractivity contribution < 1.29 is 52.3 Å². The van der Waals surface area contributed by atoms with Crippen LogP contribution in [-0.2, 0) is 42.3 Å². The summed E-state index contributed by atoms with van der Waals surface area (Å²) in [4.78, 5) is 40.6. The minimum atomic E-state index is -4.90. The van der Waals surface area contributed by atoms with Crippen LogP contribution in [0, 0.1) is 0 Å². The first-order valence-electron chi connectivity index (χ1n) is 13.4. The molecule has 0 spiro atoms. The van der Waals surface area contributed by atoms with E-state index in [1.807, 2.05) is 0 Å². The van der Waals surface area contributed by atoms with Gasteiger partial charge in [0.1, 0.15) is 54.2 Å². The largest absolute Gasteiger partial charge is 0.499 e. The van der Waals surface area contributed by atoms with Crippen molar-refractivity contribution in [1.82, 2.24) is 39.0 Å². The molecule has 244 valence electrons. The van der Waals surface area contributed by atoms with E-state index in [2.05, 4.69) is 29.9 Å². The maximum Gasteiger partial charge on any atom is 0.499 e. The minimum absolute atomic E-state index is 0.00608. The van der Waals surface area contributed by atoms with Crippen molar-refractivity contribution in [1.29, 1.82) is 0 Å². The number of aliphatic hydroxyl groups is 1. The molecular formula is C23H31N10O11P. The van der Waals surface area contributed by atoms with Crippen LogP contribution in [0.2, 0.25) is 0 Å². The number of ether oxygens (including phenoxy) is 5. The Morgan fingerprint density at radius 1 is 0.822 bits per heavy atom. The molecule has 4 aromatic heterocycles. The van der Waals surface area contributed by atoms with Crippen LogP contribution < -0.4 is 11.5 Å². The molecule has 2 aliphatic heterocycles. The Bertz CT molecular complexity index is 1690. The number of nitrogens with zero attached hydrogens (tertiary/aromatic N) is 8. The van der Waals surface area contributed by atoms with E-state index < -0.39 is 63.5 Å². The summed E-state index contributed by atoms with van der Waals surface area (Å²) in [5.41, 5.74) is 13.2. The first-order valence-corrected chi connectivity index (χ1v) is 14.9. The number of aliphatic hydroxyl groups excluding tert-OH is 1. The van der Waals surface area contributed by atoms with Crippen LogP contribution in [0.25, 0.3) is 22.3 Å². The van der Waals surface area contributed by atoms with Gasteiger partial charge in [-0.05, 0) is 0 Å². The van der Waals surface area contributed by atoms with Gasteiger partial charge in [-0.1, -0.05) is 0 Å². The van der Waals surface area contributed by atoms with Crippen molar-refractivity contribution in [2.45, 2.75) is 49.1 Å². The Hall–Kier alpha value is -3.47. The molecular weight excluding hydrogens is 623 g/mol. The average molecular weight is 655 g/mol. The Labute approximate surface area is 253 Å². The summed E-state index contributed by atoms with van der Waals surface area (Å²) in [7, 11) is -0.690. The van der Waals surface area contributed by atoms with E-state index in [0.717, 1.165) is 0 Å². The summed E-state index contributed by atoms with van der Waals surface area (Å²) in [5, 5.41) is 10.9. The van der Waals surface area contributed by atoms with Gasteiger partial charge in [-0.25, -0.2) is 39.4 Å². The molecule has 0 saturated carbocycles. The van der Waals surface area contributed by atoms with Gasteiger partial charge in [0.15, 0.2) is 41.5 Å². The zero-order valence-electron chi connectivity index (χ0n) is 24.1. The smallest absolute Gasteiger partial charge is 0.387 e. The van der Waals surface area contributed by atoms with Gasteiger partial charge in [-0.3, -0.25) is 13.7 Å². The quantitative estimate of drug-likeness (QED) is 0.0818. The number of nitrogens with two attached hydrogens (primary N) is 2. The SMILES string of the molecule is COCC1OC(n2cnc3c(N)ncnc32)C(OC)C1OOP(=O)(O)OCC1OC(n2cnc3c(N)ncnc32)C(OC)C1O. The monoisotopic (exact) mass is 654 g/mol. The molecule has 2 fully saturated rings. The highest BCUT2D eigenvalue weighted by Gasteiger charge is 2.50. The zero-order chi connectivity index (χ0) is 31.9. The normalized spacial score (nSPS) is 30.0. The highest BCUT2D eigenvalue weighted by Crippen LogP contribution is 2.47. The number of imidazole rings is 2. The fourth-order valence-electron chi connectivity index (χ4n) is 5.34. The number of aromatic nitrogens is 8. The maximum atomic E-state index is 12.9. The first kappa shape index (κ1) is 31.5. The molecule has 0 aliphatic carbocycles. The Kier molecular flexibility index (Phi) is 8.91. The van der Waals surface area contributed by atoms with Crippen LogP contribution in [0.3, 0.4) is 0 Å². The second kappa shape index (κ2) is 12.7. The van der Waals surface area contributed by atoms with Crippen LogP contribution >= 0.6 is 7.82 Å². The summed E-state index contributed by atoms with van der Waals surface area (Å²) >= 11 is 0. The Balaban J connectivity index is 1.13. The number of fused-ring (bicyclic) bond motifs is 2. The summed E-state index contributed by atoms with van der Waals surface area (Å²) in [6, 6.07) is 0. The Morgan fingerprint density at radius 2 is 1.38 bits per heavy atom. The molecule has 6 heterocycles. The summed E-state index contributed by atoms with van der Waals surface area (Å²) < 4.78 is 54.4. The fraction of sp³-hybridized carbons (Fsp3) is 0.565. The topological polar surface area (TPSA) is 271 Å². The summed E-state index contributed by atoms with van der Waals surface area (Å²) in [6.45, 7) is -0.578. The van der Waals surface area contributed by atoms with Gasteiger partial charge < -0.3 is 45.2 Å². The molecule has 0 radical (unpaired) electrons.